The van der Waals surface area contributed by atoms with Crippen molar-refractivity contribution in [3.05, 3.63) is 23.8 Å². The Hall–Kier alpha value is -1.39. The van der Waals surface area contributed by atoms with Crippen molar-refractivity contribution in [2.75, 3.05) is 17.6 Å². The molecule has 1 aromatic carbocycles. The summed E-state index contributed by atoms with van der Waals surface area (Å²) < 4.78 is 35.6. The van der Waals surface area contributed by atoms with E-state index < -0.39 is 12.6 Å². The molecule has 1 aromatic rings. The highest BCUT2D eigenvalue weighted by atomic mass is 19.4. The highest BCUT2D eigenvalue weighted by Crippen LogP contribution is 2.22. The van der Waals surface area contributed by atoms with Crippen LogP contribution in [0.5, 0.6) is 0 Å². The monoisotopic (exact) mass is 232 g/mol. The number of benzene rings is 1. The summed E-state index contributed by atoms with van der Waals surface area (Å²) in [6.45, 7) is 2.18. The van der Waals surface area contributed by atoms with Gasteiger partial charge in [-0.1, -0.05) is 6.07 Å². The van der Waals surface area contributed by atoms with Gasteiger partial charge in [0, 0.05) is 13.0 Å². The Balaban J connectivity index is 2.38. The van der Waals surface area contributed by atoms with Crippen LogP contribution in [-0.2, 0) is 0 Å². The molecule has 0 bridgehead atoms. The first-order valence-electron chi connectivity index (χ1n) is 5.05. The quantitative estimate of drug-likeness (QED) is 0.617. The number of aryl methyl sites for hydroxylation is 1. The van der Waals surface area contributed by atoms with Crippen molar-refractivity contribution in [1.29, 1.82) is 0 Å². The number of anilines is 2. The van der Waals surface area contributed by atoms with Gasteiger partial charge in [0.2, 0.25) is 0 Å². The molecule has 0 saturated carbocycles. The zero-order valence-corrected chi connectivity index (χ0v) is 9.06. The van der Waals surface area contributed by atoms with Crippen LogP contribution in [0.2, 0.25) is 0 Å². The third kappa shape index (κ3) is 4.42. The summed E-state index contributed by atoms with van der Waals surface area (Å²) in [6, 6.07) is 5.42. The maximum Gasteiger partial charge on any atom is 0.389 e. The number of nitrogen functional groups attached to an aromatic ring is 1. The summed E-state index contributed by atoms with van der Waals surface area (Å²) in [4.78, 5) is 0. The van der Waals surface area contributed by atoms with Gasteiger partial charge >= 0.3 is 6.18 Å². The van der Waals surface area contributed by atoms with E-state index in [1.165, 1.54) is 0 Å². The molecule has 0 spiro atoms. The largest absolute Gasteiger partial charge is 0.397 e. The Kier molecular flexibility index (Phi) is 4.04. The van der Waals surface area contributed by atoms with Crippen molar-refractivity contribution >= 4 is 11.4 Å². The molecule has 5 heteroatoms. The van der Waals surface area contributed by atoms with E-state index >= 15 is 0 Å². The molecule has 0 aliphatic carbocycles. The Morgan fingerprint density at radius 2 is 2.00 bits per heavy atom. The summed E-state index contributed by atoms with van der Waals surface area (Å²) in [5, 5.41) is 2.89. The van der Waals surface area contributed by atoms with E-state index in [0.717, 1.165) is 5.56 Å². The molecule has 0 atom stereocenters. The van der Waals surface area contributed by atoms with Gasteiger partial charge in [-0.05, 0) is 31.0 Å². The van der Waals surface area contributed by atoms with E-state index in [4.69, 9.17) is 5.73 Å². The molecule has 0 fully saturated rings. The van der Waals surface area contributed by atoms with Crippen LogP contribution in [0, 0.1) is 6.92 Å². The lowest BCUT2D eigenvalue weighted by molar-refractivity contribution is -0.134. The van der Waals surface area contributed by atoms with Gasteiger partial charge < -0.3 is 11.1 Å². The Morgan fingerprint density at radius 1 is 1.31 bits per heavy atom. The highest BCUT2D eigenvalue weighted by Gasteiger charge is 2.25. The minimum Gasteiger partial charge on any atom is -0.397 e. The number of nitrogens with one attached hydrogen (secondary N) is 1. The lowest BCUT2D eigenvalue weighted by Crippen LogP contribution is -2.11. The van der Waals surface area contributed by atoms with Crippen LogP contribution in [-0.4, -0.2) is 12.7 Å². The van der Waals surface area contributed by atoms with E-state index in [2.05, 4.69) is 5.32 Å². The minimum absolute atomic E-state index is 0.0524. The van der Waals surface area contributed by atoms with E-state index in [0.29, 0.717) is 11.4 Å². The van der Waals surface area contributed by atoms with Crippen LogP contribution in [0.15, 0.2) is 18.2 Å². The van der Waals surface area contributed by atoms with Gasteiger partial charge in [-0.3, -0.25) is 0 Å². The SMILES string of the molecule is Cc1ccc(NCCCC(F)(F)F)c(N)c1. The van der Waals surface area contributed by atoms with Crippen LogP contribution in [0.1, 0.15) is 18.4 Å². The van der Waals surface area contributed by atoms with Crippen LogP contribution in [0.4, 0.5) is 24.5 Å². The van der Waals surface area contributed by atoms with Crippen LogP contribution < -0.4 is 11.1 Å². The second kappa shape index (κ2) is 5.09. The van der Waals surface area contributed by atoms with E-state index in [1.54, 1.807) is 12.1 Å². The summed E-state index contributed by atoms with van der Waals surface area (Å²) in [7, 11) is 0. The predicted molar refractivity (Wildman–Crippen MR) is 59.4 cm³/mol. The van der Waals surface area contributed by atoms with Crippen LogP contribution in [0.3, 0.4) is 0 Å². The lowest BCUT2D eigenvalue weighted by Gasteiger charge is -2.10. The summed E-state index contributed by atoms with van der Waals surface area (Å²) in [5.74, 6) is 0. The topological polar surface area (TPSA) is 38.0 Å². The summed E-state index contributed by atoms with van der Waals surface area (Å²) in [6.07, 6.45) is -4.80. The second-order valence-electron chi connectivity index (χ2n) is 3.74. The molecule has 0 heterocycles. The zero-order chi connectivity index (χ0) is 12.2. The molecular formula is C11H15F3N2. The molecular weight excluding hydrogens is 217 g/mol. The maximum absolute atomic E-state index is 11.9. The first-order chi connectivity index (χ1) is 7.38. The molecule has 0 radical (unpaired) electrons. The van der Waals surface area contributed by atoms with Gasteiger partial charge in [-0.2, -0.15) is 13.2 Å². The third-order valence-electron chi connectivity index (χ3n) is 2.16. The average Bonchev–Trinajstić information content (AvgIpc) is 2.13. The van der Waals surface area contributed by atoms with Crippen LogP contribution in [0.25, 0.3) is 0 Å². The van der Waals surface area contributed by atoms with Gasteiger partial charge in [-0.25, -0.2) is 0 Å². The summed E-state index contributed by atoms with van der Waals surface area (Å²) >= 11 is 0. The Labute approximate surface area is 92.6 Å². The van der Waals surface area contributed by atoms with E-state index in [1.807, 2.05) is 13.0 Å². The van der Waals surface area contributed by atoms with Gasteiger partial charge in [-0.15, -0.1) is 0 Å². The lowest BCUT2D eigenvalue weighted by atomic mass is 10.2. The fraction of sp³-hybridized carbons (Fsp3) is 0.455. The fourth-order valence-corrected chi connectivity index (χ4v) is 1.36. The summed E-state index contributed by atoms with van der Waals surface area (Å²) in [5.41, 5.74) is 7.98. The van der Waals surface area contributed by atoms with Crippen molar-refractivity contribution in [2.24, 2.45) is 0 Å². The molecule has 0 aromatic heterocycles. The standard InChI is InChI=1S/C11H15F3N2/c1-8-3-4-10(9(15)7-8)16-6-2-5-11(12,13)14/h3-4,7,16H,2,5-6,15H2,1H3. The van der Waals surface area contributed by atoms with Crippen molar-refractivity contribution in [3.63, 3.8) is 0 Å². The van der Waals surface area contributed by atoms with E-state index in [9.17, 15) is 13.2 Å². The zero-order valence-electron chi connectivity index (χ0n) is 9.06. The van der Waals surface area contributed by atoms with Gasteiger partial charge in [0.15, 0.2) is 0 Å². The molecule has 90 valence electrons. The van der Waals surface area contributed by atoms with Crippen molar-refractivity contribution in [3.8, 4) is 0 Å². The van der Waals surface area contributed by atoms with Gasteiger partial charge in [0.05, 0.1) is 11.4 Å². The number of rotatable bonds is 4. The third-order valence-corrected chi connectivity index (χ3v) is 2.16. The predicted octanol–water partition coefficient (Wildman–Crippen LogP) is 3.33. The maximum atomic E-state index is 11.9. The molecule has 2 nitrogen and oxygen atoms in total. The van der Waals surface area contributed by atoms with E-state index in [-0.39, 0.29) is 13.0 Å². The van der Waals surface area contributed by atoms with Crippen molar-refractivity contribution < 1.29 is 13.2 Å². The molecule has 16 heavy (non-hydrogen) atoms. The molecule has 1 rings (SSSR count). The van der Waals surface area contributed by atoms with Gasteiger partial charge in [0.25, 0.3) is 0 Å². The fourth-order valence-electron chi connectivity index (χ4n) is 1.36. The second-order valence-corrected chi connectivity index (χ2v) is 3.74. The normalized spacial score (nSPS) is 11.5. The van der Waals surface area contributed by atoms with Crippen molar-refractivity contribution in [2.45, 2.75) is 25.9 Å². The minimum atomic E-state index is -4.08. The molecule has 0 aliphatic heterocycles. The molecule has 3 N–H and O–H groups in total. The smallest absolute Gasteiger partial charge is 0.389 e. The Morgan fingerprint density at radius 3 is 2.56 bits per heavy atom. The molecule has 0 amide bonds. The number of nitrogens with two attached hydrogens (primary N) is 1. The molecule has 0 saturated heterocycles. The number of hydrogen-bond acceptors (Lipinski definition) is 2. The molecule has 0 unspecified atom stereocenters. The number of hydrogen-bond donors (Lipinski definition) is 2. The number of halogens is 3. The number of alkyl halides is 3. The van der Waals surface area contributed by atoms with Crippen LogP contribution >= 0.6 is 0 Å². The van der Waals surface area contributed by atoms with Gasteiger partial charge in [0.1, 0.15) is 0 Å². The van der Waals surface area contributed by atoms with Crippen molar-refractivity contribution in [1.82, 2.24) is 0 Å². The average molecular weight is 232 g/mol. The first-order valence-corrected chi connectivity index (χ1v) is 5.05. The Bertz CT molecular complexity index is 348. The first kappa shape index (κ1) is 12.7. The highest BCUT2D eigenvalue weighted by molar-refractivity contribution is 5.66. The molecule has 0 aliphatic rings.